The molecule has 1 aromatic carbocycles. The predicted molar refractivity (Wildman–Crippen MR) is 84.5 cm³/mol. The van der Waals surface area contributed by atoms with Gasteiger partial charge in [0.25, 0.3) is 0 Å². The van der Waals surface area contributed by atoms with Gasteiger partial charge in [0.2, 0.25) is 0 Å². The molecule has 1 aliphatic rings. The van der Waals surface area contributed by atoms with Crippen molar-refractivity contribution in [3.8, 4) is 0 Å². The van der Waals surface area contributed by atoms with E-state index in [1.807, 2.05) is 18.3 Å². The number of rotatable bonds is 4. The van der Waals surface area contributed by atoms with Crippen molar-refractivity contribution in [3.05, 3.63) is 42.1 Å². The molecule has 0 bridgehead atoms. The Morgan fingerprint density at radius 1 is 1.15 bits per heavy atom. The minimum Gasteiger partial charge on any atom is -0.324 e. The second kappa shape index (κ2) is 6.36. The van der Waals surface area contributed by atoms with Crippen molar-refractivity contribution in [2.75, 3.05) is 0 Å². The van der Waals surface area contributed by atoms with Gasteiger partial charge in [0.15, 0.2) is 0 Å². The number of aromatic nitrogens is 1. The van der Waals surface area contributed by atoms with Crippen molar-refractivity contribution in [2.24, 2.45) is 11.7 Å². The van der Waals surface area contributed by atoms with E-state index in [4.69, 9.17) is 5.73 Å². The summed E-state index contributed by atoms with van der Waals surface area (Å²) in [5.74, 6) is 0.906. The van der Waals surface area contributed by atoms with Crippen LogP contribution in [0, 0.1) is 5.92 Å². The van der Waals surface area contributed by atoms with Crippen LogP contribution in [-0.2, 0) is 0 Å². The zero-order chi connectivity index (χ0) is 13.8. The van der Waals surface area contributed by atoms with Crippen molar-refractivity contribution >= 4 is 10.9 Å². The van der Waals surface area contributed by atoms with Crippen molar-refractivity contribution in [2.45, 2.75) is 51.0 Å². The van der Waals surface area contributed by atoms with Gasteiger partial charge < -0.3 is 5.73 Å². The molecule has 0 radical (unpaired) electrons. The summed E-state index contributed by atoms with van der Waals surface area (Å²) >= 11 is 0. The Kier molecular flexibility index (Phi) is 4.31. The van der Waals surface area contributed by atoms with Crippen LogP contribution in [0.25, 0.3) is 10.9 Å². The van der Waals surface area contributed by atoms with Crippen LogP contribution in [0.2, 0.25) is 0 Å². The van der Waals surface area contributed by atoms with E-state index in [0.717, 1.165) is 17.9 Å². The molecule has 0 spiro atoms. The molecule has 1 unspecified atom stereocenters. The largest absolute Gasteiger partial charge is 0.324 e. The highest BCUT2D eigenvalue weighted by molar-refractivity contribution is 5.78. The van der Waals surface area contributed by atoms with E-state index in [0.29, 0.717) is 0 Å². The second-order valence-corrected chi connectivity index (χ2v) is 6.15. The zero-order valence-corrected chi connectivity index (χ0v) is 12.1. The SMILES string of the molecule is NC(CCC1CCCCC1)c1cnc2ccccc2c1. The lowest BCUT2D eigenvalue weighted by Gasteiger charge is -2.23. The Hall–Kier alpha value is -1.41. The fourth-order valence-corrected chi connectivity index (χ4v) is 3.35. The number of para-hydroxylation sites is 1. The molecule has 0 amide bonds. The van der Waals surface area contributed by atoms with Gasteiger partial charge in [-0.05, 0) is 36.5 Å². The Balaban J connectivity index is 1.64. The van der Waals surface area contributed by atoms with Crippen LogP contribution in [0.1, 0.15) is 56.6 Å². The molecule has 106 valence electrons. The van der Waals surface area contributed by atoms with E-state index >= 15 is 0 Å². The Morgan fingerprint density at radius 2 is 1.95 bits per heavy atom. The highest BCUT2D eigenvalue weighted by Crippen LogP contribution is 2.30. The topological polar surface area (TPSA) is 38.9 Å². The van der Waals surface area contributed by atoms with Gasteiger partial charge in [0, 0.05) is 17.6 Å². The summed E-state index contributed by atoms with van der Waals surface area (Å²) in [6, 6.07) is 10.6. The molecular formula is C18H24N2. The van der Waals surface area contributed by atoms with E-state index in [9.17, 15) is 0 Å². The molecule has 20 heavy (non-hydrogen) atoms. The lowest BCUT2D eigenvalue weighted by Crippen LogP contribution is -2.14. The maximum absolute atomic E-state index is 6.36. The highest BCUT2D eigenvalue weighted by atomic mass is 14.7. The van der Waals surface area contributed by atoms with Gasteiger partial charge in [-0.1, -0.05) is 50.3 Å². The second-order valence-electron chi connectivity index (χ2n) is 6.15. The van der Waals surface area contributed by atoms with Crippen LogP contribution in [0.4, 0.5) is 0 Å². The maximum atomic E-state index is 6.36. The fourth-order valence-electron chi connectivity index (χ4n) is 3.35. The molecule has 3 rings (SSSR count). The lowest BCUT2D eigenvalue weighted by atomic mass is 9.84. The third kappa shape index (κ3) is 3.18. The number of fused-ring (bicyclic) bond motifs is 1. The van der Waals surface area contributed by atoms with Crippen LogP contribution in [0.15, 0.2) is 36.5 Å². The van der Waals surface area contributed by atoms with Gasteiger partial charge >= 0.3 is 0 Å². The molecule has 1 aromatic heterocycles. The zero-order valence-electron chi connectivity index (χ0n) is 12.1. The molecular weight excluding hydrogens is 244 g/mol. The first-order valence-electron chi connectivity index (χ1n) is 7.93. The van der Waals surface area contributed by atoms with Crippen LogP contribution in [0.3, 0.4) is 0 Å². The average Bonchev–Trinajstić information content (AvgIpc) is 2.53. The van der Waals surface area contributed by atoms with Crippen molar-refractivity contribution in [3.63, 3.8) is 0 Å². The fraction of sp³-hybridized carbons (Fsp3) is 0.500. The van der Waals surface area contributed by atoms with E-state index in [1.54, 1.807) is 0 Å². The quantitative estimate of drug-likeness (QED) is 0.880. The number of pyridine rings is 1. The molecule has 1 saturated carbocycles. The number of hydrogen-bond donors (Lipinski definition) is 1. The highest BCUT2D eigenvalue weighted by Gasteiger charge is 2.15. The number of benzene rings is 1. The molecule has 2 heteroatoms. The Bertz CT molecular complexity index is 558. The normalized spacial score (nSPS) is 18.2. The van der Waals surface area contributed by atoms with E-state index < -0.39 is 0 Å². The lowest BCUT2D eigenvalue weighted by molar-refractivity contribution is 0.324. The monoisotopic (exact) mass is 268 g/mol. The molecule has 1 atom stereocenters. The van der Waals surface area contributed by atoms with E-state index in [-0.39, 0.29) is 6.04 Å². The van der Waals surface area contributed by atoms with Gasteiger partial charge in [0.1, 0.15) is 0 Å². The number of hydrogen-bond acceptors (Lipinski definition) is 2. The first-order valence-corrected chi connectivity index (χ1v) is 7.93. The maximum Gasteiger partial charge on any atom is 0.0702 e. The summed E-state index contributed by atoms with van der Waals surface area (Å²) in [6.45, 7) is 0. The van der Waals surface area contributed by atoms with Crippen LogP contribution >= 0.6 is 0 Å². The Morgan fingerprint density at radius 3 is 2.80 bits per heavy atom. The van der Waals surface area contributed by atoms with Gasteiger partial charge in [-0.3, -0.25) is 4.98 Å². The predicted octanol–water partition coefficient (Wildman–Crippen LogP) is 4.60. The minimum absolute atomic E-state index is 0.133. The summed E-state index contributed by atoms with van der Waals surface area (Å²) < 4.78 is 0. The average molecular weight is 268 g/mol. The molecule has 1 heterocycles. The molecule has 2 N–H and O–H groups in total. The summed E-state index contributed by atoms with van der Waals surface area (Å²) in [7, 11) is 0. The minimum atomic E-state index is 0.133. The van der Waals surface area contributed by atoms with Gasteiger partial charge in [-0.2, -0.15) is 0 Å². The standard InChI is InChI=1S/C18H24N2/c19-17(11-10-14-6-2-1-3-7-14)16-12-15-8-4-5-9-18(15)20-13-16/h4-5,8-9,12-14,17H,1-3,6-7,10-11,19H2. The molecule has 1 aliphatic carbocycles. The van der Waals surface area contributed by atoms with E-state index in [2.05, 4.69) is 23.2 Å². The molecule has 1 fully saturated rings. The third-order valence-electron chi connectivity index (χ3n) is 4.65. The first-order chi connectivity index (χ1) is 9.83. The third-order valence-corrected chi connectivity index (χ3v) is 4.65. The van der Waals surface area contributed by atoms with Crippen molar-refractivity contribution in [1.29, 1.82) is 0 Å². The summed E-state index contributed by atoms with van der Waals surface area (Å²) in [5, 5.41) is 1.19. The van der Waals surface area contributed by atoms with Gasteiger partial charge in [-0.25, -0.2) is 0 Å². The summed E-state index contributed by atoms with van der Waals surface area (Å²) in [6.07, 6.45) is 11.4. The summed E-state index contributed by atoms with van der Waals surface area (Å²) in [5.41, 5.74) is 8.59. The van der Waals surface area contributed by atoms with Gasteiger partial charge in [0.05, 0.1) is 5.52 Å². The molecule has 2 nitrogen and oxygen atoms in total. The van der Waals surface area contributed by atoms with Crippen LogP contribution in [-0.4, -0.2) is 4.98 Å². The van der Waals surface area contributed by atoms with Crippen molar-refractivity contribution < 1.29 is 0 Å². The Labute approximate surface area is 121 Å². The molecule has 2 aromatic rings. The van der Waals surface area contributed by atoms with Crippen molar-refractivity contribution in [1.82, 2.24) is 4.98 Å². The number of nitrogens with two attached hydrogens (primary N) is 1. The molecule has 0 saturated heterocycles. The van der Waals surface area contributed by atoms with Crippen LogP contribution < -0.4 is 5.73 Å². The first kappa shape index (κ1) is 13.6. The summed E-state index contributed by atoms with van der Waals surface area (Å²) in [4.78, 5) is 4.52. The van der Waals surface area contributed by atoms with E-state index in [1.165, 1.54) is 49.5 Å². The van der Waals surface area contributed by atoms with Crippen LogP contribution in [0.5, 0.6) is 0 Å². The number of nitrogens with zero attached hydrogens (tertiary/aromatic N) is 1. The van der Waals surface area contributed by atoms with Gasteiger partial charge in [-0.15, -0.1) is 0 Å². The molecule has 0 aliphatic heterocycles. The smallest absolute Gasteiger partial charge is 0.0702 e.